The molecule has 0 bridgehead atoms. The van der Waals surface area contributed by atoms with Gasteiger partial charge >= 0.3 is 0 Å². The fraction of sp³-hybridized carbons (Fsp3) is 0.267. The molecule has 3 nitrogen and oxygen atoms in total. The van der Waals surface area contributed by atoms with Gasteiger partial charge in [0, 0.05) is 18.3 Å². The van der Waals surface area contributed by atoms with Crippen molar-refractivity contribution in [2.75, 3.05) is 7.05 Å². The van der Waals surface area contributed by atoms with E-state index in [0.29, 0.717) is 5.88 Å². The quantitative estimate of drug-likeness (QED) is 0.894. The summed E-state index contributed by atoms with van der Waals surface area (Å²) in [6.07, 6.45) is 0. The highest BCUT2D eigenvalue weighted by Gasteiger charge is 2.04. The standard InChI is InChI=1S/C15H18N2O/c1-11-6-4-5-7-14(11)18-15-9-13(10-16-3)8-12(2)17-15/h4-9,16H,10H2,1-3H3. The summed E-state index contributed by atoms with van der Waals surface area (Å²) < 4.78 is 5.84. The normalized spacial score (nSPS) is 10.4. The van der Waals surface area contributed by atoms with Crippen LogP contribution in [-0.2, 0) is 6.54 Å². The van der Waals surface area contributed by atoms with Crippen molar-refractivity contribution >= 4 is 0 Å². The zero-order valence-corrected chi connectivity index (χ0v) is 11.0. The van der Waals surface area contributed by atoms with Crippen LogP contribution in [0.25, 0.3) is 0 Å². The zero-order chi connectivity index (χ0) is 13.0. The summed E-state index contributed by atoms with van der Waals surface area (Å²) >= 11 is 0. The Labute approximate surface area is 108 Å². The average Bonchev–Trinajstić information content (AvgIpc) is 2.32. The molecule has 0 aliphatic heterocycles. The highest BCUT2D eigenvalue weighted by Crippen LogP contribution is 2.24. The molecule has 1 aromatic heterocycles. The Hall–Kier alpha value is -1.87. The molecule has 1 heterocycles. The third-order valence-corrected chi connectivity index (χ3v) is 2.68. The van der Waals surface area contributed by atoms with Crippen LogP contribution < -0.4 is 10.1 Å². The molecular weight excluding hydrogens is 224 g/mol. The van der Waals surface area contributed by atoms with Crippen LogP contribution in [0.4, 0.5) is 0 Å². The Morgan fingerprint density at radius 3 is 2.67 bits per heavy atom. The lowest BCUT2D eigenvalue weighted by Crippen LogP contribution is -2.06. The predicted octanol–water partition coefficient (Wildman–Crippen LogP) is 3.21. The van der Waals surface area contributed by atoms with E-state index in [4.69, 9.17) is 4.74 Å². The molecule has 94 valence electrons. The molecule has 0 aliphatic carbocycles. The van der Waals surface area contributed by atoms with Gasteiger partial charge in [-0.2, -0.15) is 0 Å². The summed E-state index contributed by atoms with van der Waals surface area (Å²) in [5, 5.41) is 3.13. The van der Waals surface area contributed by atoms with Gasteiger partial charge in [0.1, 0.15) is 5.75 Å². The highest BCUT2D eigenvalue weighted by molar-refractivity contribution is 5.36. The molecule has 18 heavy (non-hydrogen) atoms. The van der Waals surface area contributed by atoms with Crippen molar-refractivity contribution in [2.24, 2.45) is 0 Å². The maximum Gasteiger partial charge on any atom is 0.219 e. The Morgan fingerprint density at radius 1 is 1.17 bits per heavy atom. The van der Waals surface area contributed by atoms with Gasteiger partial charge in [0.2, 0.25) is 5.88 Å². The first-order valence-electron chi connectivity index (χ1n) is 6.04. The van der Waals surface area contributed by atoms with E-state index < -0.39 is 0 Å². The third-order valence-electron chi connectivity index (χ3n) is 2.68. The van der Waals surface area contributed by atoms with Gasteiger partial charge in [-0.25, -0.2) is 4.98 Å². The molecule has 0 unspecified atom stereocenters. The maximum absolute atomic E-state index is 5.84. The molecule has 0 amide bonds. The maximum atomic E-state index is 5.84. The van der Waals surface area contributed by atoms with Gasteiger partial charge in [0.05, 0.1) is 0 Å². The fourth-order valence-electron chi connectivity index (χ4n) is 1.85. The summed E-state index contributed by atoms with van der Waals surface area (Å²) in [5.41, 5.74) is 3.25. The van der Waals surface area contributed by atoms with E-state index in [0.717, 1.165) is 23.6 Å². The topological polar surface area (TPSA) is 34.2 Å². The molecular formula is C15H18N2O. The summed E-state index contributed by atoms with van der Waals surface area (Å²) in [6.45, 7) is 4.82. The minimum Gasteiger partial charge on any atom is -0.439 e. The van der Waals surface area contributed by atoms with E-state index in [1.165, 1.54) is 5.56 Å². The van der Waals surface area contributed by atoms with Crippen LogP contribution in [0.2, 0.25) is 0 Å². The molecule has 1 aromatic carbocycles. The van der Waals surface area contributed by atoms with Crippen LogP contribution in [-0.4, -0.2) is 12.0 Å². The molecule has 0 fully saturated rings. The Kier molecular flexibility index (Phi) is 3.95. The number of pyridine rings is 1. The second-order valence-corrected chi connectivity index (χ2v) is 4.35. The Morgan fingerprint density at radius 2 is 1.94 bits per heavy atom. The zero-order valence-electron chi connectivity index (χ0n) is 11.0. The molecule has 1 N–H and O–H groups in total. The molecule has 0 aliphatic rings. The van der Waals surface area contributed by atoms with Crippen molar-refractivity contribution < 1.29 is 4.74 Å². The molecule has 0 saturated carbocycles. The lowest BCUT2D eigenvalue weighted by atomic mass is 10.2. The van der Waals surface area contributed by atoms with E-state index in [1.54, 1.807) is 0 Å². The SMILES string of the molecule is CNCc1cc(C)nc(Oc2ccccc2C)c1. The first-order valence-corrected chi connectivity index (χ1v) is 6.04. The largest absolute Gasteiger partial charge is 0.439 e. The van der Waals surface area contributed by atoms with Crippen molar-refractivity contribution in [2.45, 2.75) is 20.4 Å². The number of hydrogen-bond acceptors (Lipinski definition) is 3. The number of nitrogens with one attached hydrogen (secondary N) is 1. The number of nitrogens with zero attached hydrogens (tertiary/aromatic N) is 1. The van der Waals surface area contributed by atoms with Crippen LogP contribution >= 0.6 is 0 Å². The molecule has 2 rings (SSSR count). The van der Waals surface area contributed by atoms with E-state index in [-0.39, 0.29) is 0 Å². The van der Waals surface area contributed by atoms with Crippen molar-refractivity contribution in [3.8, 4) is 11.6 Å². The van der Waals surface area contributed by atoms with Crippen LogP contribution in [0, 0.1) is 13.8 Å². The van der Waals surface area contributed by atoms with Gasteiger partial charge < -0.3 is 10.1 Å². The van der Waals surface area contributed by atoms with Crippen molar-refractivity contribution in [3.63, 3.8) is 0 Å². The van der Waals surface area contributed by atoms with Gasteiger partial charge in [0.15, 0.2) is 0 Å². The lowest BCUT2D eigenvalue weighted by Gasteiger charge is -2.10. The number of aryl methyl sites for hydroxylation is 2. The summed E-state index contributed by atoms with van der Waals surface area (Å²) in [6, 6.07) is 12.0. The molecule has 2 aromatic rings. The van der Waals surface area contributed by atoms with Crippen molar-refractivity contribution in [1.29, 1.82) is 0 Å². The van der Waals surface area contributed by atoms with E-state index in [9.17, 15) is 0 Å². The second kappa shape index (κ2) is 5.65. The van der Waals surface area contributed by atoms with Gasteiger partial charge in [0.25, 0.3) is 0 Å². The monoisotopic (exact) mass is 242 g/mol. The number of aromatic nitrogens is 1. The van der Waals surface area contributed by atoms with E-state index >= 15 is 0 Å². The highest BCUT2D eigenvalue weighted by atomic mass is 16.5. The average molecular weight is 242 g/mol. The number of rotatable bonds is 4. The molecule has 0 radical (unpaired) electrons. The fourth-order valence-corrected chi connectivity index (χ4v) is 1.85. The number of ether oxygens (including phenoxy) is 1. The minimum atomic E-state index is 0.648. The van der Waals surface area contributed by atoms with Crippen LogP contribution in [0.1, 0.15) is 16.8 Å². The van der Waals surface area contributed by atoms with E-state index in [2.05, 4.69) is 16.4 Å². The summed E-state index contributed by atoms with van der Waals surface area (Å²) in [7, 11) is 1.93. The van der Waals surface area contributed by atoms with Gasteiger partial charge in [-0.15, -0.1) is 0 Å². The number of hydrogen-bond donors (Lipinski definition) is 1. The van der Waals surface area contributed by atoms with Crippen LogP contribution in [0.5, 0.6) is 11.6 Å². The predicted molar refractivity (Wildman–Crippen MR) is 73.0 cm³/mol. The smallest absolute Gasteiger partial charge is 0.219 e. The molecule has 0 spiro atoms. The van der Waals surface area contributed by atoms with Gasteiger partial charge in [-0.1, -0.05) is 18.2 Å². The summed E-state index contributed by atoms with van der Waals surface area (Å²) in [5.74, 6) is 1.50. The van der Waals surface area contributed by atoms with Gasteiger partial charge in [-0.3, -0.25) is 0 Å². The first-order chi connectivity index (χ1) is 8.69. The third kappa shape index (κ3) is 3.08. The van der Waals surface area contributed by atoms with Crippen LogP contribution in [0.3, 0.4) is 0 Å². The van der Waals surface area contributed by atoms with Gasteiger partial charge in [-0.05, 0) is 44.2 Å². The molecule has 0 saturated heterocycles. The Bertz CT molecular complexity index is 538. The van der Waals surface area contributed by atoms with Crippen molar-refractivity contribution in [3.05, 3.63) is 53.2 Å². The first kappa shape index (κ1) is 12.6. The van der Waals surface area contributed by atoms with E-state index in [1.807, 2.05) is 51.2 Å². The number of para-hydroxylation sites is 1. The minimum absolute atomic E-state index is 0.648. The molecule has 0 atom stereocenters. The summed E-state index contributed by atoms with van der Waals surface area (Å²) in [4.78, 5) is 4.40. The van der Waals surface area contributed by atoms with Crippen LogP contribution in [0.15, 0.2) is 36.4 Å². The lowest BCUT2D eigenvalue weighted by molar-refractivity contribution is 0.457. The molecule has 3 heteroatoms. The van der Waals surface area contributed by atoms with Crippen molar-refractivity contribution in [1.82, 2.24) is 10.3 Å². The second-order valence-electron chi connectivity index (χ2n) is 4.35. The number of benzene rings is 1. The Balaban J connectivity index is 2.26.